The molecule has 0 bridgehead atoms. The molecule has 6 heteroatoms. The molecule has 30 heavy (non-hydrogen) atoms. The number of amides is 1. The maximum Gasteiger partial charge on any atom is 0.410 e. The van der Waals surface area contributed by atoms with Crippen LogP contribution in [0.1, 0.15) is 69.8 Å². The quantitative estimate of drug-likeness (QED) is 0.445. The van der Waals surface area contributed by atoms with Crippen LogP contribution >= 0.6 is 0 Å². The van der Waals surface area contributed by atoms with Crippen LogP contribution in [0.4, 0.5) is 4.79 Å². The molecular formula is C24H35NO5. The summed E-state index contributed by atoms with van der Waals surface area (Å²) in [5.41, 5.74) is 1.24. The van der Waals surface area contributed by atoms with Crippen molar-refractivity contribution in [2.24, 2.45) is 0 Å². The number of rotatable bonds is 8. The van der Waals surface area contributed by atoms with Gasteiger partial charge in [0.15, 0.2) is 0 Å². The van der Waals surface area contributed by atoms with Crippen LogP contribution in [0.2, 0.25) is 0 Å². The first-order chi connectivity index (χ1) is 14.7. The highest BCUT2D eigenvalue weighted by Gasteiger charge is 2.35. The van der Waals surface area contributed by atoms with Crippen LogP contribution in [-0.2, 0) is 20.7 Å². The number of methoxy groups -OCH3 is 1. The number of hydrogen-bond donors (Lipinski definition) is 0. The Labute approximate surface area is 179 Å². The third kappa shape index (κ3) is 6.64. The SMILES string of the molecule is COc1ccc(CCCCOC(=O)C2CCCCN2C(=O)OC2CCCCC2)cc1. The molecule has 166 valence electrons. The normalized spacial score (nSPS) is 19.9. The van der Waals surface area contributed by atoms with E-state index in [1.165, 1.54) is 12.0 Å². The molecular weight excluding hydrogens is 382 g/mol. The average Bonchev–Trinajstić information content (AvgIpc) is 2.79. The Morgan fingerprint density at radius 1 is 0.967 bits per heavy atom. The summed E-state index contributed by atoms with van der Waals surface area (Å²) in [6, 6.07) is 7.53. The largest absolute Gasteiger partial charge is 0.497 e. The zero-order valence-electron chi connectivity index (χ0n) is 18.1. The van der Waals surface area contributed by atoms with Crippen molar-refractivity contribution in [3.05, 3.63) is 29.8 Å². The molecule has 1 aromatic carbocycles. The highest BCUT2D eigenvalue weighted by Crippen LogP contribution is 2.24. The molecule has 1 saturated carbocycles. The molecule has 1 unspecified atom stereocenters. The monoisotopic (exact) mass is 417 g/mol. The zero-order valence-corrected chi connectivity index (χ0v) is 18.1. The summed E-state index contributed by atoms with van der Waals surface area (Å²) in [5.74, 6) is 0.562. The van der Waals surface area contributed by atoms with E-state index in [0.29, 0.717) is 19.6 Å². The number of ether oxygens (including phenoxy) is 3. The molecule has 1 aromatic rings. The van der Waals surface area contributed by atoms with Crippen molar-refractivity contribution in [3.63, 3.8) is 0 Å². The van der Waals surface area contributed by atoms with E-state index in [2.05, 4.69) is 12.1 Å². The van der Waals surface area contributed by atoms with Crippen LogP contribution in [0, 0.1) is 0 Å². The number of aryl methyl sites for hydroxylation is 1. The zero-order chi connectivity index (χ0) is 21.2. The second-order valence-electron chi connectivity index (χ2n) is 8.32. The van der Waals surface area contributed by atoms with Crippen molar-refractivity contribution in [1.29, 1.82) is 0 Å². The van der Waals surface area contributed by atoms with Gasteiger partial charge in [-0.2, -0.15) is 0 Å². The number of esters is 1. The van der Waals surface area contributed by atoms with Gasteiger partial charge in [-0.3, -0.25) is 4.90 Å². The molecule has 3 rings (SSSR count). The third-order valence-electron chi connectivity index (χ3n) is 6.09. The van der Waals surface area contributed by atoms with Crippen LogP contribution in [0.5, 0.6) is 5.75 Å². The number of benzene rings is 1. The van der Waals surface area contributed by atoms with Gasteiger partial charge >= 0.3 is 12.1 Å². The van der Waals surface area contributed by atoms with Gasteiger partial charge in [-0.15, -0.1) is 0 Å². The standard InChI is InChI=1S/C24H35NO5/c1-28-20-15-13-19(14-16-20)9-6-8-18-29-23(26)22-12-5-7-17-25(22)24(27)30-21-10-3-2-4-11-21/h13-16,21-22H,2-12,17-18H2,1H3. The van der Waals surface area contributed by atoms with Crippen molar-refractivity contribution >= 4 is 12.1 Å². The average molecular weight is 418 g/mol. The summed E-state index contributed by atoms with van der Waals surface area (Å²) in [7, 11) is 1.66. The number of hydrogen-bond acceptors (Lipinski definition) is 5. The minimum Gasteiger partial charge on any atom is -0.497 e. The van der Waals surface area contributed by atoms with E-state index in [-0.39, 0.29) is 18.2 Å². The van der Waals surface area contributed by atoms with Crippen molar-refractivity contribution in [2.75, 3.05) is 20.3 Å². The molecule has 0 radical (unpaired) electrons. The van der Waals surface area contributed by atoms with E-state index >= 15 is 0 Å². The van der Waals surface area contributed by atoms with Gasteiger partial charge in [0.05, 0.1) is 13.7 Å². The number of carbonyl (C=O) groups excluding carboxylic acids is 2. The number of carbonyl (C=O) groups is 2. The molecule has 1 heterocycles. The Morgan fingerprint density at radius 2 is 1.70 bits per heavy atom. The van der Waals surface area contributed by atoms with E-state index in [1.54, 1.807) is 12.0 Å². The van der Waals surface area contributed by atoms with Gasteiger partial charge in [0.2, 0.25) is 0 Å². The molecule has 2 aliphatic rings. The predicted octanol–water partition coefficient (Wildman–Crippen LogP) is 4.88. The fourth-order valence-electron chi connectivity index (χ4n) is 4.28. The van der Waals surface area contributed by atoms with Crippen molar-refractivity contribution < 1.29 is 23.8 Å². The van der Waals surface area contributed by atoms with E-state index in [0.717, 1.165) is 63.5 Å². The minimum absolute atomic E-state index is 0.00259. The Hall–Kier alpha value is -2.24. The summed E-state index contributed by atoms with van der Waals surface area (Å²) >= 11 is 0. The van der Waals surface area contributed by atoms with Crippen molar-refractivity contribution in [2.45, 2.75) is 82.8 Å². The fourth-order valence-corrected chi connectivity index (χ4v) is 4.28. The third-order valence-corrected chi connectivity index (χ3v) is 6.09. The maximum absolute atomic E-state index is 12.6. The summed E-state index contributed by atoms with van der Waals surface area (Å²) in [6.45, 7) is 0.958. The Kier molecular flexibility index (Phi) is 8.84. The summed E-state index contributed by atoms with van der Waals surface area (Å²) in [6.07, 6.45) is 10.1. The van der Waals surface area contributed by atoms with Crippen LogP contribution < -0.4 is 4.74 Å². The topological polar surface area (TPSA) is 65.1 Å². The molecule has 1 amide bonds. The smallest absolute Gasteiger partial charge is 0.410 e. The molecule has 0 aromatic heterocycles. The van der Waals surface area contributed by atoms with Crippen molar-refractivity contribution in [3.8, 4) is 5.75 Å². The predicted molar refractivity (Wildman–Crippen MR) is 115 cm³/mol. The number of piperidine rings is 1. The molecule has 0 N–H and O–H groups in total. The highest BCUT2D eigenvalue weighted by molar-refractivity contribution is 5.81. The summed E-state index contributed by atoms with van der Waals surface area (Å²) in [4.78, 5) is 26.9. The molecule has 1 atom stereocenters. The highest BCUT2D eigenvalue weighted by atomic mass is 16.6. The van der Waals surface area contributed by atoms with Gasteiger partial charge in [-0.05, 0) is 81.9 Å². The van der Waals surface area contributed by atoms with E-state index in [1.807, 2.05) is 12.1 Å². The first kappa shape index (κ1) is 22.4. The summed E-state index contributed by atoms with van der Waals surface area (Å²) < 4.78 is 16.4. The Bertz CT molecular complexity index is 669. The number of unbranched alkanes of at least 4 members (excludes halogenated alkanes) is 1. The molecule has 2 fully saturated rings. The Morgan fingerprint density at radius 3 is 2.43 bits per heavy atom. The number of nitrogens with zero attached hydrogens (tertiary/aromatic N) is 1. The second kappa shape index (κ2) is 11.8. The van der Waals surface area contributed by atoms with E-state index in [4.69, 9.17) is 14.2 Å². The molecule has 1 aliphatic heterocycles. The van der Waals surface area contributed by atoms with Crippen LogP contribution in [0.15, 0.2) is 24.3 Å². The first-order valence-corrected chi connectivity index (χ1v) is 11.4. The minimum atomic E-state index is -0.503. The van der Waals surface area contributed by atoms with Crippen LogP contribution in [-0.4, -0.2) is 49.4 Å². The van der Waals surface area contributed by atoms with Gasteiger partial charge < -0.3 is 14.2 Å². The lowest BCUT2D eigenvalue weighted by Crippen LogP contribution is -2.49. The first-order valence-electron chi connectivity index (χ1n) is 11.4. The molecule has 1 saturated heterocycles. The van der Waals surface area contributed by atoms with Gasteiger partial charge in [0.25, 0.3) is 0 Å². The maximum atomic E-state index is 12.6. The van der Waals surface area contributed by atoms with Gasteiger partial charge in [0.1, 0.15) is 17.9 Å². The Balaban J connectivity index is 1.39. The second-order valence-corrected chi connectivity index (χ2v) is 8.32. The molecule has 6 nitrogen and oxygen atoms in total. The fraction of sp³-hybridized carbons (Fsp3) is 0.667. The summed E-state index contributed by atoms with van der Waals surface area (Å²) in [5, 5.41) is 0. The number of likely N-dealkylation sites (tertiary alicyclic amines) is 1. The van der Waals surface area contributed by atoms with Crippen LogP contribution in [0.3, 0.4) is 0 Å². The lowest BCUT2D eigenvalue weighted by Gasteiger charge is -2.34. The lowest BCUT2D eigenvalue weighted by molar-refractivity contribution is -0.151. The van der Waals surface area contributed by atoms with E-state index in [9.17, 15) is 9.59 Å². The van der Waals surface area contributed by atoms with Gasteiger partial charge in [-0.25, -0.2) is 9.59 Å². The molecule has 1 aliphatic carbocycles. The van der Waals surface area contributed by atoms with Crippen molar-refractivity contribution in [1.82, 2.24) is 4.90 Å². The lowest BCUT2D eigenvalue weighted by atomic mass is 9.98. The van der Waals surface area contributed by atoms with Crippen LogP contribution in [0.25, 0.3) is 0 Å². The van der Waals surface area contributed by atoms with Gasteiger partial charge in [-0.1, -0.05) is 18.6 Å². The van der Waals surface area contributed by atoms with Gasteiger partial charge in [0, 0.05) is 6.54 Å². The van der Waals surface area contributed by atoms with E-state index < -0.39 is 6.04 Å². The molecule has 0 spiro atoms.